The molecule has 2 rings (SSSR count). The van der Waals surface area contributed by atoms with Crippen molar-refractivity contribution in [2.45, 2.75) is 39.3 Å². The highest BCUT2D eigenvalue weighted by molar-refractivity contribution is 9.10. The lowest BCUT2D eigenvalue weighted by Gasteiger charge is -2.12. The number of carbonyl (C=O) groups excluding carboxylic acids is 1. The van der Waals surface area contributed by atoms with Crippen molar-refractivity contribution in [1.29, 1.82) is 0 Å². The number of hydrogen-bond acceptors (Lipinski definition) is 3. The predicted octanol–water partition coefficient (Wildman–Crippen LogP) is 2.66. The minimum Gasteiger partial charge on any atom is -0.321 e. The highest BCUT2D eigenvalue weighted by atomic mass is 79.9. The molecule has 0 fully saturated rings. The number of hydrogen-bond donors (Lipinski definition) is 1. The summed E-state index contributed by atoms with van der Waals surface area (Å²) in [5.74, 6) is 0.0363. The molecule has 0 aliphatic heterocycles. The van der Waals surface area contributed by atoms with E-state index < -0.39 is 6.04 Å². The zero-order valence-electron chi connectivity index (χ0n) is 12.3. The number of nitrogens with zero attached hydrogens (tertiary/aromatic N) is 2. The minimum atomic E-state index is -0.486. The Kier molecular flexibility index (Phi) is 5.31. The van der Waals surface area contributed by atoms with Crippen LogP contribution in [0.15, 0.2) is 34.8 Å². The maximum absolute atomic E-state index is 12.4. The third-order valence-electron chi connectivity index (χ3n) is 3.51. The van der Waals surface area contributed by atoms with Crippen LogP contribution in [0.1, 0.15) is 23.9 Å². The van der Waals surface area contributed by atoms with Crippen molar-refractivity contribution in [3.63, 3.8) is 0 Å². The van der Waals surface area contributed by atoms with E-state index >= 15 is 0 Å². The number of carbonyl (C=O) groups is 1. The summed E-state index contributed by atoms with van der Waals surface area (Å²) in [6.07, 6.45) is 0.875. The van der Waals surface area contributed by atoms with E-state index in [4.69, 9.17) is 5.73 Å². The molecule has 0 spiro atoms. The SMILES string of the molecule is CCn1nc(C)c(Br)c1CC(=O)C(N)Cc1ccccc1. The fourth-order valence-electron chi connectivity index (χ4n) is 2.32. The maximum Gasteiger partial charge on any atom is 0.155 e. The molecule has 0 saturated carbocycles. The first-order chi connectivity index (χ1) is 10.0. The summed E-state index contributed by atoms with van der Waals surface area (Å²) in [4.78, 5) is 12.4. The lowest BCUT2D eigenvalue weighted by atomic mass is 10.0. The van der Waals surface area contributed by atoms with Crippen LogP contribution < -0.4 is 5.73 Å². The molecular weight excluding hydrogens is 330 g/mol. The van der Waals surface area contributed by atoms with Crippen molar-refractivity contribution in [1.82, 2.24) is 9.78 Å². The van der Waals surface area contributed by atoms with Gasteiger partial charge in [0.15, 0.2) is 5.78 Å². The minimum absolute atomic E-state index is 0.0363. The lowest BCUT2D eigenvalue weighted by Crippen LogP contribution is -2.34. The summed E-state index contributed by atoms with van der Waals surface area (Å²) in [5.41, 5.74) is 8.94. The van der Waals surface area contributed by atoms with Gasteiger partial charge in [-0.2, -0.15) is 5.10 Å². The molecule has 2 aromatic rings. The van der Waals surface area contributed by atoms with Crippen LogP contribution in [0.3, 0.4) is 0 Å². The fraction of sp³-hybridized carbons (Fsp3) is 0.375. The van der Waals surface area contributed by atoms with E-state index in [2.05, 4.69) is 21.0 Å². The number of ketones is 1. The van der Waals surface area contributed by atoms with Crippen LogP contribution in [-0.2, 0) is 24.2 Å². The summed E-state index contributed by atoms with van der Waals surface area (Å²) in [6, 6.07) is 9.36. The Hall–Kier alpha value is -1.46. The van der Waals surface area contributed by atoms with Crippen LogP contribution in [0.25, 0.3) is 0 Å². The molecule has 0 radical (unpaired) electrons. The van der Waals surface area contributed by atoms with E-state index in [1.165, 1.54) is 0 Å². The maximum atomic E-state index is 12.4. The van der Waals surface area contributed by atoms with Crippen molar-refractivity contribution in [2.75, 3.05) is 0 Å². The van der Waals surface area contributed by atoms with E-state index in [-0.39, 0.29) is 5.78 Å². The number of Topliss-reactive ketones (excluding diaryl/α,β-unsaturated/α-hetero) is 1. The van der Waals surface area contributed by atoms with Gasteiger partial charge in [0.1, 0.15) is 0 Å². The Morgan fingerprint density at radius 3 is 2.67 bits per heavy atom. The molecule has 1 aromatic carbocycles. The van der Waals surface area contributed by atoms with Crippen molar-refractivity contribution >= 4 is 21.7 Å². The number of aryl methyl sites for hydroxylation is 2. The van der Waals surface area contributed by atoms with Gasteiger partial charge in [0.25, 0.3) is 0 Å². The number of rotatable bonds is 6. The molecule has 1 heterocycles. The average molecular weight is 350 g/mol. The topological polar surface area (TPSA) is 60.9 Å². The molecule has 0 aliphatic rings. The summed E-state index contributed by atoms with van der Waals surface area (Å²) in [5, 5.41) is 4.40. The number of benzene rings is 1. The highest BCUT2D eigenvalue weighted by Gasteiger charge is 2.20. The van der Waals surface area contributed by atoms with Crippen LogP contribution in [0.5, 0.6) is 0 Å². The van der Waals surface area contributed by atoms with Gasteiger partial charge in [0.05, 0.1) is 28.3 Å². The molecule has 1 aromatic heterocycles. The lowest BCUT2D eigenvalue weighted by molar-refractivity contribution is -0.119. The van der Waals surface area contributed by atoms with E-state index in [0.717, 1.165) is 28.0 Å². The van der Waals surface area contributed by atoms with Crippen molar-refractivity contribution in [2.24, 2.45) is 5.73 Å². The van der Waals surface area contributed by atoms with Crippen LogP contribution in [0.4, 0.5) is 0 Å². The van der Waals surface area contributed by atoms with Gasteiger partial charge in [-0.05, 0) is 41.8 Å². The second-order valence-electron chi connectivity index (χ2n) is 5.10. The van der Waals surface area contributed by atoms with Crippen LogP contribution >= 0.6 is 15.9 Å². The quantitative estimate of drug-likeness (QED) is 0.871. The summed E-state index contributed by atoms with van der Waals surface area (Å²) in [6.45, 7) is 4.67. The molecule has 1 unspecified atom stereocenters. The molecule has 112 valence electrons. The van der Waals surface area contributed by atoms with Gasteiger partial charge in [-0.1, -0.05) is 30.3 Å². The Bertz CT molecular complexity index is 622. The van der Waals surface area contributed by atoms with E-state index in [0.29, 0.717) is 12.8 Å². The number of nitrogens with two attached hydrogens (primary N) is 1. The first kappa shape index (κ1) is 15.9. The van der Waals surface area contributed by atoms with Gasteiger partial charge in [-0.25, -0.2) is 0 Å². The molecule has 0 saturated heterocycles. The van der Waals surface area contributed by atoms with E-state index in [9.17, 15) is 4.79 Å². The van der Waals surface area contributed by atoms with Crippen LogP contribution in [-0.4, -0.2) is 21.6 Å². The van der Waals surface area contributed by atoms with E-state index in [1.807, 2.05) is 48.9 Å². The summed E-state index contributed by atoms with van der Waals surface area (Å²) in [7, 11) is 0. The molecule has 0 bridgehead atoms. The van der Waals surface area contributed by atoms with Crippen molar-refractivity contribution in [3.05, 3.63) is 51.8 Å². The highest BCUT2D eigenvalue weighted by Crippen LogP contribution is 2.22. The Balaban J connectivity index is 2.07. The third-order valence-corrected chi connectivity index (χ3v) is 4.54. The van der Waals surface area contributed by atoms with Gasteiger partial charge < -0.3 is 5.73 Å². The average Bonchev–Trinajstić information content (AvgIpc) is 2.76. The molecule has 2 N–H and O–H groups in total. The Labute approximate surface area is 133 Å². The van der Waals surface area contributed by atoms with Crippen molar-refractivity contribution < 1.29 is 4.79 Å². The van der Waals surface area contributed by atoms with Gasteiger partial charge in [-0.15, -0.1) is 0 Å². The van der Waals surface area contributed by atoms with Crippen LogP contribution in [0.2, 0.25) is 0 Å². The fourth-order valence-corrected chi connectivity index (χ4v) is 2.74. The molecule has 0 amide bonds. The molecule has 1 atom stereocenters. The normalized spacial score (nSPS) is 12.4. The molecular formula is C16H20BrN3O. The third kappa shape index (κ3) is 3.80. The zero-order chi connectivity index (χ0) is 15.4. The van der Waals surface area contributed by atoms with Crippen LogP contribution in [0, 0.1) is 6.92 Å². The molecule has 5 heteroatoms. The first-order valence-electron chi connectivity index (χ1n) is 7.07. The zero-order valence-corrected chi connectivity index (χ0v) is 13.9. The molecule has 4 nitrogen and oxygen atoms in total. The second kappa shape index (κ2) is 7.00. The second-order valence-corrected chi connectivity index (χ2v) is 5.89. The monoisotopic (exact) mass is 349 g/mol. The predicted molar refractivity (Wildman–Crippen MR) is 87.2 cm³/mol. The van der Waals surface area contributed by atoms with Crippen molar-refractivity contribution in [3.8, 4) is 0 Å². The molecule has 0 aliphatic carbocycles. The van der Waals surface area contributed by atoms with Gasteiger partial charge >= 0.3 is 0 Å². The van der Waals surface area contributed by atoms with E-state index in [1.54, 1.807) is 0 Å². The summed E-state index contributed by atoms with van der Waals surface area (Å²) >= 11 is 3.51. The smallest absolute Gasteiger partial charge is 0.155 e. The van der Waals surface area contributed by atoms with Gasteiger partial charge in [0, 0.05) is 6.54 Å². The number of aromatic nitrogens is 2. The first-order valence-corrected chi connectivity index (χ1v) is 7.86. The largest absolute Gasteiger partial charge is 0.321 e. The summed E-state index contributed by atoms with van der Waals surface area (Å²) < 4.78 is 2.76. The van der Waals surface area contributed by atoms with Gasteiger partial charge in [0.2, 0.25) is 0 Å². The molecule has 21 heavy (non-hydrogen) atoms. The Morgan fingerprint density at radius 2 is 2.05 bits per heavy atom. The standard InChI is InChI=1S/C16H20BrN3O/c1-3-20-14(16(17)11(2)19-20)10-15(21)13(18)9-12-7-5-4-6-8-12/h4-8,13H,3,9-10,18H2,1-2H3. The van der Waals surface area contributed by atoms with Gasteiger partial charge in [-0.3, -0.25) is 9.48 Å². The number of halogens is 1. The Morgan fingerprint density at radius 1 is 1.38 bits per heavy atom.